The number of Topliss-reactive ketones (excluding diaryl/α,β-unsaturated/α-hetero) is 2. The monoisotopic (exact) mass is 502 g/mol. The number of aliphatic carboxylic acids is 1. The molecule has 0 saturated carbocycles. The van der Waals surface area contributed by atoms with Gasteiger partial charge < -0.3 is 24.1 Å². The van der Waals surface area contributed by atoms with Crippen molar-refractivity contribution in [2.24, 2.45) is 5.92 Å². The minimum Gasteiger partial charge on any atom is -0.493 e. The third-order valence-electron chi connectivity index (χ3n) is 5.38. The Morgan fingerprint density at radius 2 is 1.25 bits per heavy atom. The smallest absolute Gasteiger partial charge is 0.304 e. The average molecular weight is 503 g/mol. The predicted molar refractivity (Wildman–Crippen MR) is 136 cm³/mol. The Morgan fingerprint density at radius 3 is 1.64 bits per heavy atom. The van der Waals surface area contributed by atoms with E-state index in [1.54, 1.807) is 14.0 Å². The number of hydrogen-bond acceptors (Lipinski definition) is 7. The molecule has 0 aliphatic rings. The van der Waals surface area contributed by atoms with Gasteiger partial charge in [-0.15, -0.1) is 0 Å². The first-order valence-corrected chi connectivity index (χ1v) is 11.9. The van der Waals surface area contributed by atoms with Crippen LogP contribution in [0.25, 0.3) is 0 Å². The lowest BCUT2D eigenvalue weighted by Gasteiger charge is -2.22. The third kappa shape index (κ3) is 13.6. The van der Waals surface area contributed by atoms with E-state index in [9.17, 15) is 14.4 Å². The summed E-state index contributed by atoms with van der Waals surface area (Å²) in [6.07, 6.45) is 0.926. The van der Waals surface area contributed by atoms with Crippen molar-refractivity contribution >= 4 is 17.5 Å². The van der Waals surface area contributed by atoms with Gasteiger partial charge in [-0.1, -0.05) is 36.4 Å². The van der Waals surface area contributed by atoms with Crippen LogP contribution in [0.2, 0.25) is 0 Å². The molecule has 0 spiro atoms. The molecule has 8 nitrogen and oxygen atoms in total. The first-order chi connectivity index (χ1) is 17.3. The quantitative estimate of drug-likeness (QED) is 0.355. The minimum atomic E-state index is -1.00. The third-order valence-corrected chi connectivity index (χ3v) is 5.38. The Labute approximate surface area is 213 Å². The van der Waals surface area contributed by atoms with Crippen LogP contribution in [-0.2, 0) is 23.9 Å². The molecule has 0 aliphatic heterocycles. The maximum absolute atomic E-state index is 11.5. The second-order valence-electron chi connectivity index (χ2n) is 8.25. The first-order valence-electron chi connectivity index (χ1n) is 11.9. The summed E-state index contributed by atoms with van der Waals surface area (Å²) in [5.74, 6) is -0.0984. The summed E-state index contributed by atoms with van der Waals surface area (Å²) in [4.78, 5) is 33.2. The summed E-state index contributed by atoms with van der Waals surface area (Å²) in [6, 6.07) is 18.9. The number of methoxy groups -OCH3 is 2. The molecule has 1 N–H and O–H groups in total. The van der Waals surface area contributed by atoms with Gasteiger partial charge in [0.25, 0.3) is 0 Å². The molecule has 0 heterocycles. The molecule has 3 unspecified atom stereocenters. The highest BCUT2D eigenvalue weighted by Gasteiger charge is 2.28. The molecule has 198 valence electrons. The van der Waals surface area contributed by atoms with Gasteiger partial charge >= 0.3 is 5.97 Å². The van der Waals surface area contributed by atoms with Gasteiger partial charge in [0.2, 0.25) is 0 Å². The standard InChI is InChI=1S/C15H20O5.C13H18O3/c1-11(16)13(10-15(17)18)14(19-2)8-9-20-12-6-4-3-5-7-12;1-11(14)10-13(15-2)8-9-16-12-6-4-3-5-7-12/h3-7,13-14H,8-10H2,1-2H3,(H,17,18);3-7,13H,8-10H2,1-2H3. The Balaban J connectivity index is 0.000000369. The van der Waals surface area contributed by atoms with E-state index in [1.807, 2.05) is 60.7 Å². The predicted octanol–water partition coefficient (Wildman–Crippen LogP) is 4.60. The Kier molecular flexibility index (Phi) is 15.5. The summed E-state index contributed by atoms with van der Waals surface area (Å²) in [5.41, 5.74) is 0. The van der Waals surface area contributed by atoms with Gasteiger partial charge in [-0.05, 0) is 38.1 Å². The molecular formula is C28H38O8. The topological polar surface area (TPSA) is 108 Å². The number of carbonyl (C=O) groups excluding carboxylic acids is 2. The first kappa shape index (κ1) is 30.8. The van der Waals surface area contributed by atoms with Crippen molar-refractivity contribution in [3.8, 4) is 11.5 Å². The minimum absolute atomic E-state index is 0.0405. The van der Waals surface area contributed by atoms with Gasteiger partial charge in [0, 0.05) is 33.5 Å². The van der Waals surface area contributed by atoms with Crippen LogP contribution in [0.1, 0.15) is 39.5 Å². The zero-order chi connectivity index (χ0) is 26.8. The van der Waals surface area contributed by atoms with Crippen molar-refractivity contribution in [3.63, 3.8) is 0 Å². The molecule has 2 aromatic rings. The Hall–Kier alpha value is -3.23. The molecule has 8 heteroatoms. The number of ketones is 2. The molecule has 0 bridgehead atoms. The van der Waals surface area contributed by atoms with Gasteiger partial charge in [-0.2, -0.15) is 0 Å². The molecule has 2 aromatic carbocycles. The number of carbonyl (C=O) groups is 3. The summed E-state index contributed by atoms with van der Waals surface area (Å²) < 4.78 is 21.5. The number of rotatable bonds is 16. The van der Waals surface area contributed by atoms with Crippen LogP contribution in [-0.4, -0.2) is 62.3 Å². The average Bonchev–Trinajstić information content (AvgIpc) is 2.86. The van der Waals surface area contributed by atoms with Crippen molar-refractivity contribution in [1.82, 2.24) is 0 Å². The summed E-state index contributed by atoms with van der Waals surface area (Å²) >= 11 is 0. The van der Waals surface area contributed by atoms with Gasteiger partial charge in [0.15, 0.2) is 0 Å². The van der Waals surface area contributed by atoms with Crippen LogP contribution in [0, 0.1) is 5.92 Å². The number of para-hydroxylation sites is 2. The van der Waals surface area contributed by atoms with Crippen molar-refractivity contribution < 1.29 is 38.4 Å². The van der Waals surface area contributed by atoms with E-state index in [-0.39, 0.29) is 24.1 Å². The van der Waals surface area contributed by atoms with Crippen LogP contribution in [0.15, 0.2) is 60.7 Å². The van der Waals surface area contributed by atoms with Crippen LogP contribution < -0.4 is 9.47 Å². The number of benzene rings is 2. The fraction of sp³-hybridized carbons (Fsp3) is 0.464. The molecule has 0 aromatic heterocycles. The van der Waals surface area contributed by atoms with Gasteiger partial charge in [-0.3, -0.25) is 14.4 Å². The highest BCUT2D eigenvalue weighted by atomic mass is 16.5. The van der Waals surface area contributed by atoms with E-state index >= 15 is 0 Å². The zero-order valence-corrected chi connectivity index (χ0v) is 21.6. The molecule has 0 radical (unpaired) electrons. The second kappa shape index (κ2) is 18.1. The Bertz CT molecular complexity index is 885. The zero-order valence-electron chi connectivity index (χ0n) is 21.6. The summed E-state index contributed by atoms with van der Waals surface area (Å²) in [5, 5.41) is 8.84. The SMILES string of the molecule is COC(CCOc1ccccc1)C(CC(=O)O)C(C)=O.COC(CCOc1ccccc1)CC(C)=O. The Morgan fingerprint density at radius 1 is 0.750 bits per heavy atom. The van der Waals surface area contributed by atoms with E-state index in [0.29, 0.717) is 26.1 Å². The highest BCUT2D eigenvalue weighted by Crippen LogP contribution is 2.18. The van der Waals surface area contributed by atoms with Crippen molar-refractivity contribution in [3.05, 3.63) is 60.7 Å². The van der Waals surface area contributed by atoms with E-state index < -0.39 is 18.0 Å². The maximum atomic E-state index is 11.5. The lowest BCUT2D eigenvalue weighted by Crippen LogP contribution is -2.32. The molecule has 3 atom stereocenters. The molecular weight excluding hydrogens is 464 g/mol. The number of ether oxygens (including phenoxy) is 4. The molecule has 2 rings (SSSR count). The van der Waals surface area contributed by atoms with Crippen molar-refractivity contribution in [2.45, 2.75) is 51.7 Å². The largest absolute Gasteiger partial charge is 0.493 e. The molecule has 36 heavy (non-hydrogen) atoms. The molecule has 0 aliphatic carbocycles. The van der Waals surface area contributed by atoms with Gasteiger partial charge in [-0.25, -0.2) is 0 Å². The van der Waals surface area contributed by atoms with Crippen molar-refractivity contribution in [2.75, 3.05) is 27.4 Å². The fourth-order valence-corrected chi connectivity index (χ4v) is 3.47. The van der Waals surface area contributed by atoms with E-state index in [0.717, 1.165) is 17.9 Å². The van der Waals surface area contributed by atoms with Gasteiger partial charge in [0.1, 0.15) is 23.1 Å². The molecule has 0 saturated heterocycles. The normalized spacial score (nSPS) is 12.9. The van der Waals surface area contributed by atoms with Crippen LogP contribution in [0.5, 0.6) is 11.5 Å². The van der Waals surface area contributed by atoms with Crippen LogP contribution in [0.3, 0.4) is 0 Å². The molecule has 0 amide bonds. The van der Waals surface area contributed by atoms with Crippen LogP contribution in [0.4, 0.5) is 0 Å². The number of carboxylic acids is 1. The van der Waals surface area contributed by atoms with Crippen molar-refractivity contribution in [1.29, 1.82) is 0 Å². The second-order valence-corrected chi connectivity index (χ2v) is 8.25. The van der Waals surface area contributed by atoms with Crippen LogP contribution >= 0.6 is 0 Å². The summed E-state index contributed by atoms with van der Waals surface area (Å²) in [6.45, 7) is 3.89. The number of hydrogen-bond donors (Lipinski definition) is 1. The van der Waals surface area contributed by atoms with E-state index in [1.165, 1.54) is 14.0 Å². The lowest BCUT2D eigenvalue weighted by atomic mass is 9.92. The molecule has 0 fully saturated rings. The number of carboxylic acid groups (broad SMARTS) is 1. The maximum Gasteiger partial charge on any atom is 0.304 e. The lowest BCUT2D eigenvalue weighted by molar-refractivity contribution is -0.143. The highest BCUT2D eigenvalue weighted by molar-refractivity contribution is 5.83. The van der Waals surface area contributed by atoms with E-state index in [4.69, 9.17) is 24.1 Å². The fourth-order valence-electron chi connectivity index (χ4n) is 3.47. The van der Waals surface area contributed by atoms with Gasteiger partial charge in [0.05, 0.1) is 37.8 Å². The summed E-state index contributed by atoms with van der Waals surface area (Å²) in [7, 11) is 3.10. The van der Waals surface area contributed by atoms with E-state index in [2.05, 4.69) is 0 Å².